The molecule has 4 aliphatic carbocycles. The van der Waals surface area contributed by atoms with Gasteiger partial charge in [-0.25, -0.2) is 0 Å². The number of fused-ring (bicyclic) bond motifs is 4. The zero-order valence-corrected chi connectivity index (χ0v) is 20.4. The van der Waals surface area contributed by atoms with Gasteiger partial charge in [0.25, 0.3) is 0 Å². The molecule has 2 N–H and O–H groups in total. The van der Waals surface area contributed by atoms with E-state index in [1.54, 1.807) is 0 Å². The molecule has 0 aromatic heterocycles. The predicted molar refractivity (Wildman–Crippen MR) is 126 cm³/mol. The molecule has 0 saturated heterocycles. The average molecular weight is 400 g/mol. The molecule has 3 fully saturated rings. The molecular formula is C28H49N. The summed E-state index contributed by atoms with van der Waals surface area (Å²) in [4.78, 5) is 0. The summed E-state index contributed by atoms with van der Waals surface area (Å²) in [5.74, 6) is 5.28. The Morgan fingerprint density at radius 2 is 1.69 bits per heavy atom. The molecule has 1 nitrogen and oxygen atoms in total. The van der Waals surface area contributed by atoms with Gasteiger partial charge in [0.2, 0.25) is 0 Å². The smallest absolute Gasteiger partial charge is 0.00418 e. The Morgan fingerprint density at radius 3 is 2.41 bits per heavy atom. The Balaban J connectivity index is 1.53. The quantitative estimate of drug-likeness (QED) is 0.470. The van der Waals surface area contributed by atoms with E-state index in [-0.39, 0.29) is 0 Å². The van der Waals surface area contributed by atoms with Crippen molar-refractivity contribution in [3.8, 4) is 0 Å². The fourth-order valence-corrected chi connectivity index (χ4v) is 8.53. The fraction of sp³-hybridized carbons (Fsp3) is 0.929. The lowest BCUT2D eigenvalue weighted by atomic mass is 9.48. The van der Waals surface area contributed by atoms with Crippen LogP contribution in [0.5, 0.6) is 0 Å². The zero-order valence-electron chi connectivity index (χ0n) is 20.4. The van der Waals surface area contributed by atoms with Gasteiger partial charge in [0.1, 0.15) is 0 Å². The van der Waals surface area contributed by atoms with Crippen molar-refractivity contribution in [2.45, 2.75) is 118 Å². The van der Waals surface area contributed by atoms with Gasteiger partial charge in [-0.3, -0.25) is 0 Å². The Hall–Kier alpha value is -0.300. The maximum absolute atomic E-state index is 6.38. The SMILES string of the molecule is CC(C)[C@@H](C)CC[C@@H](C)[C@H]1CCC2=C3CC[C@H]4C[C@@H](N)CC[C@]4(C)[C@H]3CC[C@@]21C. The van der Waals surface area contributed by atoms with Crippen LogP contribution in [-0.2, 0) is 0 Å². The second kappa shape index (κ2) is 7.99. The van der Waals surface area contributed by atoms with Crippen LogP contribution in [0.3, 0.4) is 0 Å². The third-order valence-corrected chi connectivity index (χ3v) is 11.0. The predicted octanol–water partition coefficient (Wildman–Crippen LogP) is 7.75. The lowest BCUT2D eigenvalue weighted by Gasteiger charge is -2.57. The summed E-state index contributed by atoms with van der Waals surface area (Å²) in [7, 11) is 0. The van der Waals surface area contributed by atoms with Crippen LogP contribution < -0.4 is 5.73 Å². The van der Waals surface area contributed by atoms with Gasteiger partial charge in [0.15, 0.2) is 0 Å². The largest absolute Gasteiger partial charge is 0.328 e. The summed E-state index contributed by atoms with van der Waals surface area (Å²) in [5.41, 5.74) is 11.4. The van der Waals surface area contributed by atoms with Crippen molar-refractivity contribution in [1.82, 2.24) is 0 Å². The number of allylic oxidation sites excluding steroid dienone is 2. The van der Waals surface area contributed by atoms with Crippen LogP contribution in [0.1, 0.15) is 112 Å². The van der Waals surface area contributed by atoms with Crippen molar-refractivity contribution >= 4 is 0 Å². The molecule has 0 unspecified atom stereocenters. The molecule has 0 aliphatic heterocycles. The third kappa shape index (κ3) is 3.66. The second-order valence-corrected chi connectivity index (χ2v) is 12.7. The molecule has 0 aromatic carbocycles. The second-order valence-electron chi connectivity index (χ2n) is 12.7. The van der Waals surface area contributed by atoms with Crippen molar-refractivity contribution in [3.63, 3.8) is 0 Å². The molecule has 1 heteroatoms. The van der Waals surface area contributed by atoms with Crippen LogP contribution in [0.4, 0.5) is 0 Å². The Labute approximate surface area is 181 Å². The lowest BCUT2D eigenvalue weighted by Crippen LogP contribution is -2.49. The molecule has 0 amide bonds. The zero-order chi connectivity index (χ0) is 21.0. The van der Waals surface area contributed by atoms with Crippen molar-refractivity contribution in [3.05, 3.63) is 11.1 Å². The highest BCUT2D eigenvalue weighted by atomic mass is 14.7. The number of hydrogen-bond acceptors (Lipinski definition) is 1. The molecule has 4 aliphatic rings. The van der Waals surface area contributed by atoms with Gasteiger partial charge in [-0.1, -0.05) is 65.5 Å². The van der Waals surface area contributed by atoms with Gasteiger partial charge >= 0.3 is 0 Å². The Morgan fingerprint density at radius 1 is 0.931 bits per heavy atom. The molecule has 0 bridgehead atoms. The van der Waals surface area contributed by atoms with Gasteiger partial charge in [-0.15, -0.1) is 0 Å². The number of nitrogens with two attached hydrogens (primary N) is 1. The van der Waals surface area contributed by atoms with Crippen LogP contribution in [-0.4, -0.2) is 6.04 Å². The molecule has 0 spiro atoms. The Kier molecular flexibility index (Phi) is 6.04. The average Bonchev–Trinajstić information content (AvgIpc) is 3.03. The summed E-state index contributed by atoms with van der Waals surface area (Å²) < 4.78 is 0. The minimum absolute atomic E-state index is 0.473. The molecule has 0 aromatic rings. The van der Waals surface area contributed by atoms with E-state index in [0.29, 0.717) is 16.9 Å². The first kappa shape index (κ1) is 21.9. The van der Waals surface area contributed by atoms with Gasteiger partial charge < -0.3 is 5.73 Å². The maximum Gasteiger partial charge on any atom is 0.00418 e. The van der Waals surface area contributed by atoms with E-state index in [4.69, 9.17) is 5.73 Å². The summed E-state index contributed by atoms with van der Waals surface area (Å²) in [6.07, 6.45) is 15.4. The number of rotatable bonds is 5. The van der Waals surface area contributed by atoms with Crippen molar-refractivity contribution in [2.75, 3.05) is 0 Å². The summed E-state index contributed by atoms with van der Waals surface area (Å²) in [6, 6.07) is 0.473. The Bertz CT molecular complexity index is 632. The van der Waals surface area contributed by atoms with Crippen molar-refractivity contribution < 1.29 is 0 Å². The first-order valence-electron chi connectivity index (χ1n) is 13.1. The van der Waals surface area contributed by atoms with E-state index < -0.39 is 0 Å². The molecule has 4 rings (SSSR count). The van der Waals surface area contributed by atoms with Crippen LogP contribution >= 0.6 is 0 Å². The third-order valence-electron chi connectivity index (χ3n) is 11.0. The molecule has 0 heterocycles. The standard InChI is InChI=1S/C28H49N/c1-18(2)19(3)7-8-20(4)24-11-12-25-23-10-9-21-17-22(29)13-15-27(21,5)26(23)14-16-28(24,25)6/h18-22,24,26H,7-17,29H2,1-6H3/t19-,20+,21-,22-,24+,26-,27-,28+/m0/s1. The van der Waals surface area contributed by atoms with E-state index in [9.17, 15) is 0 Å². The monoisotopic (exact) mass is 399 g/mol. The first-order chi connectivity index (χ1) is 13.7. The van der Waals surface area contributed by atoms with E-state index in [0.717, 1.165) is 35.5 Å². The van der Waals surface area contributed by atoms with E-state index >= 15 is 0 Å². The van der Waals surface area contributed by atoms with Crippen LogP contribution in [0.15, 0.2) is 11.1 Å². The van der Waals surface area contributed by atoms with E-state index in [2.05, 4.69) is 41.5 Å². The van der Waals surface area contributed by atoms with Gasteiger partial charge in [-0.05, 0) is 104 Å². The summed E-state index contributed by atoms with van der Waals surface area (Å²) >= 11 is 0. The topological polar surface area (TPSA) is 26.0 Å². The normalized spacial score (nSPS) is 44.3. The molecule has 8 atom stereocenters. The molecule has 3 saturated carbocycles. The molecular weight excluding hydrogens is 350 g/mol. The fourth-order valence-electron chi connectivity index (χ4n) is 8.53. The minimum Gasteiger partial charge on any atom is -0.328 e. The summed E-state index contributed by atoms with van der Waals surface area (Å²) in [6.45, 7) is 15.2. The van der Waals surface area contributed by atoms with E-state index in [1.165, 1.54) is 70.6 Å². The highest BCUT2D eigenvalue weighted by Gasteiger charge is 2.55. The number of hydrogen-bond donors (Lipinski definition) is 1. The highest BCUT2D eigenvalue weighted by Crippen LogP contribution is 2.65. The van der Waals surface area contributed by atoms with Crippen molar-refractivity contribution in [2.24, 2.45) is 52.1 Å². The van der Waals surface area contributed by atoms with Crippen molar-refractivity contribution in [1.29, 1.82) is 0 Å². The van der Waals surface area contributed by atoms with Gasteiger partial charge in [0, 0.05) is 6.04 Å². The maximum atomic E-state index is 6.38. The van der Waals surface area contributed by atoms with Crippen LogP contribution in [0.2, 0.25) is 0 Å². The minimum atomic E-state index is 0.473. The van der Waals surface area contributed by atoms with E-state index in [1.807, 2.05) is 11.1 Å². The first-order valence-corrected chi connectivity index (χ1v) is 13.1. The van der Waals surface area contributed by atoms with Gasteiger partial charge in [0.05, 0.1) is 0 Å². The summed E-state index contributed by atoms with van der Waals surface area (Å²) in [5, 5.41) is 0. The molecule has 166 valence electrons. The lowest BCUT2D eigenvalue weighted by molar-refractivity contribution is 0.00331. The molecule has 0 radical (unpaired) electrons. The van der Waals surface area contributed by atoms with Crippen LogP contribution in [0, 0.1) is 46.3 Å². The highest BCUT2D eigenvalue weighted by molar-refractivity contribution is 5.34. The molecule has 29 heavy (non-hydrogen) atoms. The van der Waals surface area contributed by atoms with Gasteiger partial charge in [-0.2, -0.15) is 0 Å². The van der Waals surface area contributed by atoms with Crippen LogP contribution in [0.25, 0.3) is 0 Å².